The summed E-state index contributed by atoms with van der Waals surface area (Å²) in [6.45, 7) is 13.7. The first kappa shape index (κ1) is 16.3. The Kier molecular flexibility index (Phi) is 9.49. The fourth-order valence-electron chi connectivity index (χ4n) is 2.56. The Labute approximate surface area is 106 Å². The monoisotopic (exact) mass is 286 g/mol. The van der Waals surface area contributed by atoms with Crippen molar-refractivity contribution in [2.45, 2.75) is 82.0 Å². The van der Waals surface area contributed by atoms with Crippen LogP contribution in [0, 0.1) is 0 Å². The maximum atomic E-state index is 4.37. The van der Waals surface area contributed by atoms with Crippen LogP contribution >= 0.6 is 0 Å². The number of hydrogen-bond acceptors (Lipinski definition) is 0. The Hall–Kier alpha value is 0.283. The van der Waals surface area contributed by atoms with E-state index in [1.54, 1.807) is 20.2 Å². The van der Waals surface area contributed by atoms with E-state index in [9.17, 15) is 0 Å². The molecule has 0 N–H and O–H groups in total. The van der Waals surface area contributed by atoms with Gasteiger partial charge in [0.15, 0.2) is 0 Å². The van der Waals surface area contributed by atoms with Crippen molar-refractivity contribution in [3.05, 3.63) is 11.0 Å². The predicted molar refractivity (Wildman–Crippen MR) is 79.7 cm³/mol. The summed E-state index contributed by atoms with van der Waals surface area (Å²) in [6.07, 6.45) is 8.41. The van der Waals surface area contributed by atoms with Crippen LogP contribution in [0.5, 0.6) is 0 Å². The van der Waals surface area contributed by atoms with Crippen LogP contribution in [0.4, 0.5) is 0 Å². The molecule has 0 nitrogen and oxygen atoms in total. The van der Waals surface area contributed by atoms with Crippen molar-refractivity contribution in [2.24, 2.45) is 0 Å². The van der Waals surface area contributed by atoms with Gasteiger partial charge in [-0.3, -0.25) is 0 Å². The van der Waals surface area contributed by atoms with Gasteiger partial charge in [-0.1, -0.05) is 0 Å². The molecule has 0 aromatic carbocycles. The predicted octanol–water partition coefficient (Wildman–Crippen LogP) is 5.95. The molecule has 0 amide bonds. The summed E-state index contributed by atoms with van der Waals surface area (Å²) >= 11 is -1.69. The van der Waals surface area contributed by atoms with Crippen molar-refractivity contribution in [1.82, 2.24) is 0 Å². The van der Waals surface area contributed by atoms with Gasteiger partial charge < -0.3 is 0 Å². The first-order valence-electron chi connectivity index (χ1n) is 7.29. The second-order valence-electron chi connectivity index (χ2n) is 5.37. The quantitative estimate of drug-likeness (QED) is 0.435. The average Bonchev–Trinajstić information content (AvgIpc) is 2.28. The zero-order valence-electron chi connectivity index (χ0n) is 12.1. The van der Waals surface area contributed by atoms with Crippen LogP contribution in [0.1, 0.15) is 66.2 Å². The van der Waals surface area contributed by atoms with Gasteiger partial charge >= 0.3 is 106 Å². The Bertz CT molecular complexity index is 162. The Morgan fingerprint density at radius 1 is 0.812 bits per heavy atom. The van der Waals surface area contributed by atoms with Gasteiger partial charge in [-0.25, -0.2) is 0 Å². The van der Waals surface area contributed by atoms with Crippen molar-refractivity contribution in [2.75, 3.05) is 0 Å². The van der Waals surface area contributed by atoms with Gasteiger partial charge in [0, 0.05) is 0 Å². The van der Waals surface area contributed by atoms with E-state index >= 15 is 0 Å². The summed E-state index contributed by atoms with van der Waals surface area (Å²) in [4.78, 5) is 0. The molecule has 16 heavy (non-hydrogen) atoms. The molecule has 0 fully saturated rings. The van der Waals surface area contributed by atoms with E-state index in [0.717, 1.165) is 0 Å². The molecule has 96 valence electrons. The van der Waals surface area contributed by atoms with E-state index in [4.69, 9.17) is 0 Å². The molecule has 0 aliphatic carbocycles. The molecule has 0 aliphatic rings. The van der Waals surface area contributed by atoms with E-state index in [1.165, 1.54) is 38.5 Å². The van der Waals surface area contributed by atoms with Crippen molar-refractivity contribution < 1.29 is 0 Å². The van der Waals surface area contributed by atoms with Gasteiger partial charge in [-0.2, -0.15) is 0 Å². The van der Waals surface area contributed by atoms with Crippen LogP contribution in [-0.4, -0.2) is 13.3 Å². The summed E-state index contributed by atoms with van der Waals surface area (Å²) < 4.78 is 1.62. The van der Waals surface area contributed by atoms with Crippen molar-refractivity contribution in [3.63, 3.8) is 0 Å². The molecule has 0 rings (SSSR count). The topological polar surface area (TPSA) is 0 Å². The molecular formula is C15H32Ge. The summed E-state index contributed by atoms with van der Waals surface area (Å²) in [6, 6.07) is 0. The number of unbranched alkanes of at least 4 members (excludes halogenated alkanes) is 3. The van der Waals surface area contributed by atoms with Crippen LogP contribution in [-0.2, 0) is 0 Å². The molecule has 0 aromatic heterocycles. The molecule has 0 unspecified atom stereocenters. The first-order valence-corrected chi connectivity index (χ1v) is 12.8. The van der Waals surface area contributed by atoms with Gasteiger partial charge in [0.25, 0.3) is 0 Å². The number of hydrogen-bond donors (Lipinski definition) is 0. The van der Waals surface area contributed by atoms with Gasteiger partial charge in [0.2, 0.25) is 0 Å². The second-order valence-corrected chi connectivity index (χ2v) is 15.7. The fourth-order valence-corrected chi connectivity index (χ4v) is 13.3. The summed E-state index contributed by atoms with van der Waals surface area (Å²) in [5.74, 6) is 0. The summed E-state index contributed by atoms with van der Waals surface area (Å²) in [5, 5.41) is 4.64. The Balaban J connectivity index is 4.52. The van der Waals surface area contributed by atoms with Crippen molar-refractivity contribution in [3.8, 4) is 0 Å². The third kappa shape index (κ3) is 5.56. The molecule has 0 aromatic rings. The molecule has 0 heterocycles. The van der Waals surface area contributed by atoms with Crippen molar-refractivity contribution in [1.29, 1.82) is 0 Å². The van der Waals surface area contributed by atoms with Crippen LogP contribution in [0.3, 0.4) is 0 Å². The summed E-state index contributed by atoms with van der Waals surface area (Å²) in [5.41, 5.74) is 0. The first-order chi connectivity index (χ1) is 7.63. The number of allylic oxidation sites excluding steroid dienone is 1. The molecule has 0 saturated heterocycles. The third-order valence-corrected chi connectivity index (χ3v) is 16.0. The van der Waals surface area contributed by atoms with E-state index in [2.05, 4.69) is 34.3 Å². The van der Waals surface area contributed by atoms with Crippen molar-refractivity contribution >= 4 is 13.3 Å². The minimum absolute atomic E-state index is 1.36. The molecule has 0 bridgehead atoms. The third-order valence-electron chi connectivity index (χ3n) is 3.93. The standard InChI is InChI=1S/C15H32Ge/c1-6-9-12-16(15(4)5,13-10-7-2)14-11-8-3/h4,6-14H2,1-3,5H3. The van der Waals surface area contributed by atoms with Gasteiger partial charge in [0.05, 0.1) is 0 Å². The van der Waals surface area contributed by atoms with Crippen LogP contribution in [0.25, 0.3) is 0 Å². The van der Waals surface area contributed by atoms with Crippen LogP contribution < -0.4 is 0 Å². The Morgan fingerprint density at radius 3 is 1.31 bits per heavy atom. The van der Waals surface area contributed by atoms with Gasteiger partial charge in [-0.05, 0) is 0 Å². The molecule has 0 radical (unpaired) electrons. The van der Waals surface area contributed by atoms with E-state index < -0.39 is 13.3 Å². The average molecular weight is 285 g/mol. The molecule has 0 atom stereocenters. The normalized spacial score (nSPS) is 11.8. The molecule has 0 saturated carbocycles. The maximum absolute atomic E-state index is 4.37. The fraction of sp³-hybridized carbons (Fsp3) is 0.867. The second kappa shape index (κ2) is 9.33. The summed E-state index contributed by atoms with van der Waals surface area (Å²) in [7, 11) is 0. The van der Waals surface area contributed by atoms with E-state index in [-0.39, 0.29) is 0 Å². The number of rotatable bonds is 10. The van der Waals surface area contributed by atoms with E-state index in [0.29, 0.717) is 0 Å². The molecular weight excluding hydrogens is 253 g/mol. The Morgan fingerprint density at radius 2 is 1.12 bits per heavy atom. The molecule has 0 spiro atoms. The zero-order chi connectivity index (χ0) is 12.4. The zero-order valence-corrected chi connectivity index (χ0v) is 14.2. The van der Waals surface area contributed by atoms with Gasteiger partial charge in [-0.15, -0.1) is 0 Å². The molecule has 0 aliphatic heterocycles. The SMILES string of the molecule is C=[C](C)[Ge]([CH2]CCC)([CH2]CCC)[CH2]CCC. The van der Waals surface area contributed by atoms with Crippen LogP contribution in [0.15, 0.2) is 11.0 Å². The van der Waals surface area contributed by atoms with E-state index in [1.807, 2.05) is 0 Å². The minimum atomic E-state index is -1.69. The van der Waals surface area contributed by atoms with Gasteiger partial charge in [0.1, 0.15) is 0 Å². The van der Waals surface area contributed by atoms with Crippen LogP contribution in [0.2, 0.25) is 15.8 Å². The molecule has 1 heteroatoms.